The molecular formula is C13H12N4O2. The molecule has 0 amide bonds. The molecule has 0 radical (unpaired) electrons. The van der Waals surface area contributed by atoms with E-state index in [0.717, 1.165) is 16.8 Å². The monoisotopic (exact) mass is 256 g/mol. The first-order valence-electron chi connectivity index (χ1n) is 5.69. The molecule has 0 atom stereocenters. The quantitative estimate of drug-likeness (QED) is 0.715. The molecule has 3 rings (SSSR count). The van der Waals surface area contributed by atoms with E-state index in [1.807, 2.05) is 12.1 Å². The highest BCUT2D eigenvalue weighted by atomic mass is 16.5. The molecule has 0 saturated heterocycles. The first-order valence-corrected chi connectivity index (χ1v) is 5.69. The second-order valence-electron chi connectivity index (χ2n) is 3.91. The van der Waals surface area contributed by atoms with Crippen LogP contribution >= 0.6 is 0 Å². The van der Waals surface area contributed by atoms with Gasteiger partial charge in [-0.05, 0) is 11.6 Å². The minimum absolute atomic E-state index is 0.561. The van der Waals surface area contributed by atoms with Crippen LogP contribution in [0.1, 0.15) is 0 Å². The van der Waals surface area contributed by atoms with Crippen LogP contribution in [0.5, 0.6) is 11.6 Å². The van der Waals surface area contributed by atoms with Crippen molar-refractivity contribution < 1.29 is 9.47 Å². The minimum atomic E-state index is 0.561. The van der Waals surface area contributed by atoms with Gasteiger partial charge in [-0.15, -0.1) is 0 Å². The largest absolute Gasteiger partial charge is 0.494 e. The summed E-state index contributed by atoms with van der Waals surface area (Å²) in [7, 11) is 3.19. The zero-order valence-corrected chi connectivity index (χ0v) is 10.6. The molecule has 0 bridgehead atoms. The molecule has 0 aromatic carbocycles. The number of ether oxygens (including phenoxy) is 2. The van der Waals surface area contributed by atoms with Gasteiger partial charge in [-0.1, -0.05) is 0 Å². The Hall–Kier alpha value is -2.63. The van der Waals surface area contributed by atoms with Gasteiger partial charge in [0.15, 0.2) is 11.4 Å². The van der Waals surface area contributed by atoms with Gasteiger partial charge < -0.3 is 9.47 Å². The van der Waals surface area contributed by atoms with Crippen LogP contribution in [0.3, 0.4) is 0 Å². The van der Waals surface area contributed by atoms with Gasteiger partial charge in [0.25, 0.3) is 0 Å². The summed E-state index contributed by atoms with van der Waals surface area (Å²) in [6.45, 7) is 0. The van der Waals surface area contributed by atoms with Crippen molar-refractivity contribution in [3.05, 3.63) is 36.9 Å². The summed E-state index contributed by atoms with van der Waals surface area (Å²) in [6.07, 6.45) is 6.90. The normalized spacial score (nSPS) is 10.6. The first-order chi connectivity index (χ1) is 9.31. The van der Waals surface area contributed by atoms with Gasteiger partial charge in [-0.25, -0.2) is 14.5 Å². The second-order valence-corrected chi connectivity index (χ2v) is 3.91. The smallest absolute Gasteiger partial charge is 0.213 e. The fraction of sp³-hybridized carbons (Fsp3) is 0.154. The van der Waals surface area contributed by atoms with Crippen molar-refractivity contribution in [3.63, 3.8) is 0 Å². The van der Waals surface area contributed by atoms with Crippen LogP contribution in [0.4, 0.5) is 0 Å². The van der Waals surface area contributed by atoms with Gasteiger partial charge in [0.1, 0.15) is 0 Å². The minimum Gasteiger partial charge on any atom is -0.494 e. The molecule has 3 heterocycles. The van der Waals surface area contributed by atoms with E-state index in [4.69, 9.17) is 9.47 Å². The number of methoxy groups -OCH3 is 2. The van der Waals surface area contributed by atoms with E-state index < -0.39 is 0 Å². The summed E-state index contributed by atoms with van der Waals surface area (Å²) in [5, 5.41) is 4.27. The predicted octanol–water partition coefficient (Wildman–Crippen LogP) is 1.81. The lowest BCUT2D eigenvalue weighted by molar-refractivity contribution is 0.398. The molecule has 0 aliphatic heterocycles. The first kappa shape index (κ1) is 11.5. The number of hydrogen-bond acceptors (Lipinski definition) is 5. The van der Waals surface area contributed by atoms with Gasteiger partial charge >= 0.3 is 0 Å². The SMILES string of the molecule is COc1cnc2c(-c3ccnc(OC)c3)cnn2c1. The number of hydrogen-bond donors (Lipinski definition) is 0. The predicted molar refractivity (Wildman–Crippen MR) is 69.3 cm³/mol. The Labute approximate surface area is 109 Å². The molecule has 0 fully saturated rings. The Morgan fingerprint density at radius 2 is 2.00 bits per heavy atom. The third-order valence-electron chi connectivity index (χ3n) is 2.82. The summed E-state index contributed by atoms with van der Waals surface area (Å²) in [6, 6.07) is 3.74. The van der Waals surface area contributed by atoms with Crippen LogP contribution in [-0.2, 0) is 0 Å². The Balaban J connectivity index is 2.14. The molecular weight excluding hydrogens is 244 g/mol. The van der Waals surface area contributed by atoms with Crippen molar-refractivity contribution in [2.45, 2.75) is 0 Å². The third kappa shape index (κ3) is 1.97. The lowest BCUT2D eigenvalue weighted by Crippen LogP contribution is -1.93. The van der Waals surface area contributed by atoms with Crippen molar-refractivity contribution in [2.75, 3.05) is 14.2 Å². The van der Waals surface area contributed by atoms with Crippen LogP contribution in [0.25, 0.3) is 16.8 Å². The van der Waals surface area contributed by atoms with E-state index in [1.54, 1.807) is 43.5 Å². The van der Waals surface area contributed by atoms with E-state index in [-0.39, 0.29) is 0 Å². The van der Waals surface area contributed by atoms with E-state index in [2.05, 4.69) is 15.1 Å². The highest BCUT2D eigenvalue weighted by Gasteiger charge is 2.09. The summed E-state index contributed by atoms with van der Waals surface area (Å²) in [5.74, 6) is 1.22. The fourth-order valence-electron chi connectivity index (χ4n) is 1.86. The van der Waals surface area contributed by atoms with Gasteiger partial charge in [0, 0.05) is 17.8 Å². The lowest BCUT2D eigenvalue weighted by atomic mass is 10.1. The average Bonchev–Trinajstić information content (AvgIpc) is 2.90. The van der Waals surface area contributed by atoms with Crippen molar-refractivity contribution in [1.29, 1.82) is 0 Å². The number of aromatic nitrogens is 4. The fourth-order valence-corrected chi connectivity index (χ4v) is 1.86. The molecule has 0 N–H and O–H groups in total. The second kappa shape index (κ2) is 4.56. The molecule has 0 aliphatic rings. The lowest BCUT2D eigenvalue weighted by Gasteiger charge is -2.03. The molecule has 3 aromatic rings. The summed E-state index contributed by atoms with van der Waals surface area (Å²) >= 11 is 0. The van der Waals surface area contributed by atoms with Crippen LogP contribution < -0.4 is 9.47 Å². The third-order valence-corrected chi connectivity index (χ3v) is 2.82. The molecule has 0 aliphatic carbocycles. The zero-order valence-electron chi connectivity index (χ0n) is 10.6. The number of pyridine rings is 1. The Morgan fingerprint density at radius 1 is 1.11 bits per heavy atom. The Morgan fingerprint density at radius 3 is 2.79 bits per heavy atom. The molecule has 19 heavy (non-hydrogen) atoms. The number of nitrogens with zero attached hydrogens (tertiary/aromatic N) is 4. The van der Waals surface area contributed by atoms with E-state index in [1.165, 1.54) is 0 Å². The standard InChI is InChI=1S/C13H12N4O2/c1-18-10-6-15-13-11(7-16-17(13)8-10)9-3-4-14-12(5-9)19-2/h3-8H,1-2H3. The molecule has 0 unspecified atom stereocenters. The maximum Gasteiger partial charge on any atom is 0.213 e. The van der Waals surface area contributed by atoms with Crippen LogP contribution in [0.15, 0.2) is 36.9 Å². The molecule has 0 saturated carbocycles. The highest BCUT2D eigenvalue weighted by Crippen LogP contribution is 2.25. The summed E-state index contributed by atoms with van der Waals surface area (Å²) in [5.41, 5.74) is 2.64. The highest BCUT2D eigenvalue weighted by molar-refractivity contribution is 5.77. The molecule has 6 heteroatoms. The molecule has 3 aromatic heterocycles. The van der Waals surface area contributed by atoms with Gasteiger partial charge in [-0.2, -0.15) is 5.10 Å². The maximum atomic E-state index is 5.12. The Kier molecular flexibility index (Phi) is 2.75. The molecule has 0 spiro atoms. The van der Waals surface area contributed by atoms with Gasteiger partial charge in [0.05, 0.1) is 32.8 Å². The van der Waals surface area contributed by atoms with E-state index >= 15 is 0 Å². The average molecular weight is 256 g/mol. The van der Waals surface area contributed by atoms with Crippen molar-refractivity contribution in [2.24, 2.45) is 0 Å². The van der Waals surface area contributed by atoms with Crippen LogP contribution in [0, 0.1) is 0 Å². The van der Waals surface area contributed by atoms with Gasteiger partial charge in [0.2, 0.25) is 5.88 Å². The topological polar surface area (TPSA) is 61.5 Å². The van der Waals surface area contributed by atoms with Crippen LogP contribution in [0.2, 0.25) is 0 Å². The number of fused-ring (bicyclic) bond motifs is 1. The Bertz CT molecular complexity index is 723. The molecule has 6 nitrogen and oxygen atoms in total. The van der Waals surface area contributed by atoms with Crippen molar-refractivity contribution in [3.8, 4) is 22.8 Å². The summed E-state index contributed by atoms with van der Waals surface area (Å²) < 4.78 is 11.9. The number of rotatable bonds is 3. The van der Waals surface area contributed by atoms with Crippen LogP contribution in [-0.4, -0.2) is 33.8 Å². The van der Waals surface area contributed by atoms with E-state index in [0.29, 0.717) is 11.6 Å². The maximum absolute atomic E-state index is 5.12. The summed E-state index contributed by atoms with van der Waals surface area (Å²) in [4.78, 5) is 8.44. The van der Waals surface area contributed by atoms with Crippen molar-refractivity contribution in [1.82, 2.24) is 19.6 Å². The van der Waals surface area contributed by atoms with Gasteiger partial charge in [-0.3, -0.25) is 0 Å². The van der Waals surface area contributed by atoms with Crippen molar-refractivity contribution >= 4 is 5.65 Å². The van der Waals surface area contributed by atoms with E-state index in [9.17, 15) is 0 Å². The molecule has 96 valence electrons. The zero-order chi connectivity index (χ0) is 13.2.